The molecule has 0 spiro atoms. The zero-order chi connectivity index (χ0) is 16.7. The van der Waals surface area contributed by atoms with E-state index < -0.39 is 0 Å². The highest BCUT2D eigenvalue weighted by Crippen LogP contribution is 2.33. The van der Waals surface area contributed by atoms with Crippen LogP contribution in [0.4, 0.5) is 4.39 Å². The van der Waals surface area contributed by atoms with Gasteiger partial charge >= 0.3 is 0 Å². The van der Waals surface area contributed by atoms with Crippen LogP contribution in [0.1, 0.15) is 29.6 Å². The van der Waals surface area contributed by atoms with Crippen LogP contribution < -0.4 is 5.32 Å². The summed E-state index contributed by atoms with van der Waals surface area (Å²) in [5.41, 5.74) is 0.491. The van der Waals surface area contributed by atoms with Gasteiger partial charge in [-0.15, -0.1) is 11.3 Å². The Hall–Kier alpha value is -1.79. The third-order valence-corrected chi connectivity index (χ3v) is 6.24. The molecule has 1 N–H and O–H groups in total. The van der Waals surface area contributed by atoms with Crippen LogP contribution in [-0.4, -0.2) is 41.0 Å². The van der Waals surface area contributed by atoms with E-state index in [0.717, 1.165) is 25.9 Å². The van der Waals surface area contributed by atoms with Crippen molar-refractivity contribution >= 4 is 17.2 Å². The summed E-state index contributed by atoms with van der Waals surface area (Å²) in [6.45, 7) is 4.31. The van der Waals surface area contributed by atoms with E-state index in [0.29, 0.717) is 27.4 Å². The van der Waals surface area contributed by atoms with Crippen molar-refractivity contribution in [3.8, 4) is 10.4 Å². The summed E-state index contributed by atoms with van der Waals surface area (Å²) in [6, 6.07) is 7.38. The maximum Gasteiger partial charge on any atom is 0.280 e. The Kier molecular flexibility index (Phi) is 4.10. The number of thiazole rings is 1. The lowest BCUT2D eigenvalue weighted by atomic mass is 9.80. The van der Waals surface area contributed by atoms with Crippen molar-refractivity contribution in [2.45, 2.75) is 31.8 Å². The summed E-state index contributed by atoms with van der Waals surface area (Å²) in [5.74, 6) is 0.119. The smallest absolute Gasteiger partial charge is 0.280 e. The van der Waals surface area contributed by atoms with Gasteiger partial charge in [0.2, 0.25) is 0 Å². The first-order valence-electron chi connectivity index (χ1n) is 8.37. The standard InChI is InChI=1S/C18H20FN3OS/c1-11-8-12-6-7-22(11)10-15(12)21-17(23)18-20-9-16(24-18)13-4-2-3-5-14(13)19/h2-5,9,11-12,15H,6-8,10H2,1H3,(H,21,23)/t11?,12?,15-/m0/s1. The molecule has 6 heteroatoms. The molecule has 3 aliphatic rings. The number of piperidine rings is 3. The molecule has 3 unspecified atom stereocenters. The molecule has 0 aliphatic carbocycles. The maximum atomic E-state index is 13.9. The molecule has 1 amide bonds. The topological polar surface area (TPSA) is 45.2 Å². The lowest BCUT2D eigenvalue weighted by Gasteiger charge is -2.48. The number of hydrogen-bond acceptors (Lipinski definition) is 4. The van der Waals surface area contributed by atoms with Gasteiger partial charge in [-0.25, -0.2) is 9.37 Å². The minimum atomic E-state index is -0.292. The van der Waals surface area contributed by atoms with Gasteiger partial charge in [0.25, 0.3) is 5.91 Å². The van der Waals surface area contributed by atoms with Gasteiger partial charge < -0.3 is 5.32 Å². The van der Waals surface area contributed by atoms with Crippen LogP contribution in [0, 0.1) is 11.7 Å². The molecule has 0 radical (unpaired) electrons. The molecule has 3 saturated heterocycles. The van der Waals surface area contributed by atoms with Crippen LogP contribution in [0.5, 0.6) is 0 Å². The monoisotopic (exact) mass is 345 g/mol. The van der Waals surface area contributed by atoms with Gasteiger partial charge in [0.1, 0.15) is 5.82 Å². The van der Waals surface area contributed by atoms with Gasteiger partial charge in [-0.1, -0.05) is 18.2 Å². The SMILES string of the molecule is CC1CC2CCN1C[C@@H]2NC(=O)c1ncc(-c2ccccc2F)s1. The first-order valence-corrected chi connectivity index (χ1v) is 9.19. The zero-order valence-electron chi connectivity index (χ0n) is 13.5. The molecule has 4 atom stereocenters. The molecule has 1 aromatic heterocycles. The Morgan fingerprint density at radius 1 is 1.42 bits per heavy atom. The van der Waals surface area contributed by atoms with Crippen molar-refractivity contribution in [1.29, 1.82) is 0 Å². The van der Waals surface area contributed by atoms with E-state index in [-0.39, 0.29) is 17.8 Å². The second kappa shape index (κ2) is 6.26. The molecule has 2 bridgehead atoms. The molecule has 4 heterocycles. The largest absolute Gasteiger partial charge is 0.346 e. The summed E-state index contributed by atoms with van der Waals surface area (Å²) in [7, 11) is 0. The highest BCUT2D eigenvalue weighted by molar-refractivity contribution is 7.17. The molecular weight excluding hydrogens is 325 g/mol. The minimum Gasteiger partial charge on any atom is -0.346 e. The average molecular weight is 345 g/mol. The number of fused-ring (bicyclic) bond motifs is 3. The number of nitrogens with zero attached hydrogens (tertiary/aromatic N) is 2. The van der Waals surface area contributed by atoms with Crippen LogP contribution in [0.25, 0.3) is 10.4 Å². The van der Waals surface area contributed by atoms with Crippen molar-refractivity contribution in [3.05, 3.63) is 41.3 Å². The van der Waals surface area contributed by atoms with Gasteiger partial charge in [-0.05, 0) is 38.3 Å². The maximum absolute atomic E-state index is 13.9. The quantitative estimate of drug-likeness (QED) is 0.929. The summed E-state index contributed by atoms with van der Waals surface area (Å²) < 4.78 is 13.9. The first-order chi connectivity index (χ1) is 11.6. The molecule has 1 aromatic carbocycles. The fraction of sp³-hybridized carbons (Fsp3) is 0.444. The predicted molar refractivity (Wildman–Crippen MR) is 92.5 cm³/mol. The van der Waals surface area contributed by atoms with Gasteiger partial charge in [0.15, 0.2) is 5.01 Å². The molecule has 126 valence electrons. The molecule has 24 heavy (non-hydrogen) atoms. The number of carbonyl (C=O) groups excluding carboxylic acids is 1. The highest BCUT2D eigenvalue weighted by Gasteiger charge is 2.39. The van der Waals surface area contributed by atoms with Crippen molar-refractivity contribution in [3.63, 3.8) is 0 Å². The second-order valence-electron chi connectivity index (χ2n) is 6.72. The van der Waals surface area contributed by atoms with Gasteiger partial charge in [-0.3, -0.25) is 9.69 Å². The molecule has 3 fully saturated rings. The van der Waals surface area contributed by atoms with E-state index in [1.54, 1.807) is 24.4 Å². The van der Waals surface area contributed by atoms with E-state index in [9.17, 15) is 9.18 Å². The van der Waals surface area contributed by atoms with Crippen LogP contribution in [-0.2, 0) is 0 Å². The predicted octanol–water partition coefficient (Wildman–Crippen LogP) is 3.16. The van der Waals surface area contributed by atoms with E-state index >= 15 is 0 Å². The van der Waals surface area contributed by atoms with E-state index in [2.05, 4.69) is 22.1 Å². The third-order valence-electron chi connectivity index (χ3n) is 5.21. The van der Waals surface area contributed by atoms with Crippen LogP contribution in [0.2, 0.25) is 0 Å². The van der Waals surface area contributed by atoms with Gasteiger partial charge in [0.05, 0.1) is 4.88 Å². The van der Waals surface area contributed by atoms with E-state index in [1.165, 1.54) is 17.4 Å². The fourth-order valence-corrected chi connectivity index (χ4v) is 4.70. The Balaban J connectivity index is 1.47. The first kappa shape index (κ1) is 15.7. The lowest BCUT2D eigenvalue weighted by Crippen LogP contribution is -2.60. The minimum absolute atomic E-state index is 0.144. The Bertz CT molecular complexity index is 762. The number of hydrogen-bond donors (Lipinski definition) is 1. The fourth-order valence-electron chi connectivity index (χ4n) is 3.85. The molecule has 0 saturated carbocycles. The third kappa shape index (κ3) is 2.84. The lowest BCUT2D eigenvalue weighted by molar-refractivity contribution is 0.0274. The Morgan fingerprint density at radius 2 is 2.25 bits per heavy atom. The number of aromatic nitrogens is 1. The normalized spacial score (nSPS) is 28.8. The molecule has 5 rings (SSSR count). The zero-order valence-corrected chi connectivity index (χ0v) is 14.4. The van der Waals surface area contributed by atoms with Crippen molar-refractivity contribution in [1.82, 2.24) is 15.2 Å². The van der Waals surface area contributed by atoms with Crippen molar-refractivity contribution in [2.75, 3.05) is 13.1 Å². The molecular formula is C18H20FN3OS. The Morgan fingerprint density at radius 3 is 2.96 bits per heavy atom. The van der Waals surface area contributed by atoms with E-state index in [4.69, 9.17) is 0 Å². The number of benzene rings is 1. The highest BCUT2D eigenvalue weighted by atomic mass is 32.1. The number of nitrogens with one attached hydrogen (secondary N) is 1. The Labute approximate surface area is 144 Å². The number of rotatable bonds is 3. The van der Waals surface area contributed by atoms with Crippen LogP contribution in [0.3, 0.4) is 0 Å². The van der Waals surface area contributed by atoms with Gasteiger partial charge in [0, 0.05) is 30.4 Å². The number of carbonyl (C=O) groups is 1. The number of amides is 1. The average Bonchev–Trinajstić information content (AvgIpc) is 3.06. The summed E-state index contributed by atoms with van der Waals surface area (Å²) >= 11 is 1.24. The molecule has 4 nitrogen and oxygen atoms in total. The molecule has 3 aliphatic heterocycles. The second-order valence-corrected chi connectivity index (χ2v) is 7.75. The van der Waals surface area contributed by atoms with Crippen molar-refractivity contribution in [2.24, 2.45) is 5.92 Å². The van der Waals surface area contributed by atoms with Crippen LogP contribution in [0.15, 0.2) is 30.5 Å². The van der Waals surface area contributed by atoms with E-state index in [1.807, 2.05) is 0 Å². The summed E-state index contributed by atoms with van der Waals surface area (Å²) in [4.78, 5) is 19.9. The number of halogens is 1. The van der Waals surface area contributed by atoms with Crippen LogP contribution >= 0.6 is 11.3 Å². The van der Waals surface area contributed by atoms with Crippen molar-refractivity contribution < 1.29 is 9.18 Å². The summed E-state index contributed by atoms with van der Waals surface area (Å²) in [5, 5.41) is 3.54. The molecule has 2 aromatic rings. The summed E-state index contributed by atoms with van der Waals surface area (Å²) in [6.07, 6.45) is 3.87. The van der Waals surface area contributed by atoms with Gasteiger partial charge in [-0.2, -0.15) is 0 Å².